The fourth-order valence-corrected chi connectivity index (χ4v) is 3.37. The van der Waals surface area contributed by atoms with Gasteiger partial charge in [-0.25, -0.2) is 5.43 Å². The molecule has 0 saturated heterocycles. The molecule has 148 valence electrons. The Morgan fingerprint density at radius 1 is 0.828 bits per heavy atom. The number of nitrogens with one attached hydrogen (secondary N) is 1. The Balaban J connectivity index is 1.93. The Hall–Kier alpha value is -2.08. The highest BCUT2D eigenvalue weighted by atomic mass is 35.5. The third-order valence-corrected chi connectivity index (χ3v) is 5.25. The number of rotatable bonds is 5. The van der Waals surface area contributed by atoms with Gasteiger partial charge in [-0.2, -0.15) is 5.10 Å². The molecule has 0 aliphatic carbocycles. The zero-order chi connectivity index (χ0) is 21.0. The molecule has 0 aromatic heterocycles. The SMILES string of the molecule is O=C(N/N=C\c1ccc(Cl)cc1Cl)C(O)(c1ccc(Cl)cc1)c1ccc(Cl)cc1. The fraction of sp³-hybridized carbons (Fsp3) is 0.0476. The Morgan fingerprint density at radius 3 is 1.79 bits per heavy atom. The second-order valence-electron chi connectivity index (χ2n) is 6.09. The molecule has 4 nitrogen and oxygen atoms in total. The van der Waals surface area contributed by atoms with Crippen LogP contribution in [0.15, 0.2) is 71.8 Å². The van der Waals surface area contributed by atoms with Gasteiger partial charge in [0.05, 0.1) is 11.2 Å². The van der Waals surface area contributed by atoms with Crippen LogP contribution in [0.3, 0.4) is 0 Å². The Kier molecular flexibility index (Phi) is 6.83. The minimum Gasteiger partial charge on any atom is -0.372 e. The molecule has 0 bridgehead atoms. The highest BCUT2D eigenvalue weighted by Gasteiger charge is 2.40. The van der Waals surface area contributed by atoms with Crippen LogP contribution >= 0.6 is 46.4 Å². The number of hydrazone groups is 1. The molecule has 3 rings (SSSR count). The molecule has 2 N–H and O–H groups in total. The lowest BCUT2D eigenvalue weighted by atomic mass is 9.85. The van der Waals surface area contributed by atoms with E-state index in [1.807, 2.05) is 0 Å². The number of carbonyl (C=O) groups is 1. The predicted octanol–water partition coefficient (Wildman–Crippen LogP) is 5.69. The largest absolute Gasteiger partial charge is 0.372 e. The van der Waals surface area contributed by atoms with Crippen LogP contribution in [0.1, 0.15) is 16.7 Å². The van der Waals surface area contributed by atoms with Gasteiger partial charge in [-0.15, -0.1) is 0 Å². The summed E-state index contributed by atoms with van der Waals surface area (Å²) >= 11 is 23.8. The minimum absolute atomic E-state index is 0.321. The van der Waals surface area contributed by atoms with Crippen LogP contribution < -0.4 is 5.43 Å². The number of carbonyl (C=O) groups excluding carboxylic acids is 1. The van der Waals surface area contributed by atoms with E-state index in [2.05, 4.69) is 10.5 Å². The molecular weight excluding hydrogens is 454 g/mol. The second-order valence-corrected chi connectivity index (χ2v) is 7.81. The van der Waals surface area contributed by atoms with Crippen molar-refractivity contribution in [3.63, 3.8) is 0 Å². The molecule has 8 heteroatoms. The van der Waals surface area contributed by atoms with Crippen molar-refractivity contribution in [1.82, 2.24) is 5.43 Å². The van der Waals surface area contributed by atoms with E-state index in [0.717, 1.165) is 0 Å². The number of nitrogens with zero attached hydrogens (tertiary/aromatic N) is 1. The number of amides is 1. The molecule has 0 heterocycles. The smallest absolute Gasteiger partial charge is 0.281 e. The van der Waals surface area contributed by atoms with E-state index in [4.69, 9.17) is 46.4 Å². The molecule has 0 atom stereocenters. The first kappa shape index (κ1) is 21.6. The molecule has 0 spiro atoms. The molecule has 0 aliphatic rings. The molecular formula is C21H14Cl4N2O2. The van der Waals surface area contributed by atoms with Crippen LogP contribution in [0.5, 0.6) is 0 Å². The number of benzene rings is 3. The average molecular weight is 468 g/mol. The highest BCUT2D eigenvalue weighted by Crippen LogP contribution is 2.31. The lowest BCUT2D eigenvalue weighted by Crippen LogP contribution is -2.43. The third-order valence-electron chi connectivity index (χ3n) is 4.18. The van der Waals surface area contributed by atoms with Crippen LogP contribution in [0.2, 0.25) is 20.1 Å². The van der Waals surface area contributed by atoms with Gasteiger partial charge < -0.3 is 5.11 Å². The average Bonchev–Trinajstić information content (AvgIpc) is 2.70. The minimum atomic E-state index is -2.02. The van der Waals surface area contributed by atoms with Crippen LogP contribution in [-0.2, 0) is 10.4 Å². The predicted molar refractivity (Wildman–Crippen MR) is 118 cm³/mol. The standard InChI is InChI=1S/C21H14Cl4N2O2/c22-16-7-2-14(3-8-16)21(29,15-4-9-17(23)10-5-15)20(28)27-26-12-13-1-6-18(24)11-19(13)25/h1-12,29H,(H,27,28)/b26-12-. The van der Waals surface area contributed by atoms with Gasteiger partial charge in [0.1, 0.15) is 0 Å². The quantitative estimate of drug-likeness (QED) is 0.374. The van der Waals surface area contributed by atoms with Crippen LogP contribution in [0.4, 0.5) is 0 Å². The second kappa shape index (κ2) is 9.16. The first-order valence-corrected chi connectivity index (χ1v) is 9.85. The van der Waals surface area contributed by atoms with Crippen molar-refractivity contribution in [1.29, 1.82) is 0 Å². The van der Waals surface area contributed by atoms with Crippen molar-refractivity contribution in [2.24, 2.45) is 5.10 Å². The van der Waals surface area contributed by atoms with Gasteiger partial charge in [-0.1, -0.05) is 76.7 Å². The molecule has 3 aromatic rings. The van der Waals surface area contributed by atoms with Crippen molar-refractivity contribution in [3.05, 3.63) is 104 Å². The number of hydrogen-bond donors (Lipinski definition) is 2. The van der Waals surface area contributed by atoms with E-state index in [9.17, 15) is 9.90 Å². The van der Waals surface area contributed by atoms with Gasteiger partial charge in [0.2, 0.25) is 0 Å². The molecule has 29 heavy (non-hydrogen) atoms. The van der Waals surface area contributed by atoms with Gasteiger partial charge in [0.15, 0.2) is 5.60 Å². The summed E-state index contributed by atoms with van der Waals surface area (Å²) in [6.45, 7) is 0. The molecule has 0 unspecified atom stereocenters. The van der Waals surface area contributed by atoms with Crippen molar-refractivity contribution in [2.75, 3.05) is 0 Å². The maximum atomic E-state index is 13.0. The molecule has 0 aliphatic heterocycles. The van der Waals surface area contributed by atoms with Crippen molar-refractivity contribution in [2.45, 2.75) is 5.60 Å². The van der Waals surface area contributed by atoms with E-state index in [1.165, 1.54) is 6.21 Å². The Morgan fingerprint density at radius 2 is 1.31 bits per heavy atom. The Bertz CT molecular complexity index is 1010. The van der Waals surface area contributed by atoms with Gasteiger partial charge in [0, 0.05) is 20.6 Å². The van der Waals surface area contributed by atoms with Crippen molar-refractivity contribution in [3.8, 4) is 0 Å². The molecule has 3 aromatic carbocycles. The van der Waals surface area contributed by atoms with Gasteiger partial charge in [0.25, 0.3) is 5.91 Å². The van der Waals surface area contributed by atoms with Crippen molar-refractivity contribution >= 4 is 58.5 Å². The lowest BCUT2D eigenvalue weighted by molar-refractivity contribution is -0.136. The summed E-state index contributed by atoms with van der Waals surface area (Å²) in [5, 5.41) is 17.1. The monoisotopic (exact) mass is 466 g/mol. The van der Waals surface area contributed by atoms with E-state index in [-0.39, 0.29) is 0 Å². The van der Waals surface area contributed by atoms with Gasteiger partial charge in [-0.05, 0) is 47.5 Å². The molecule has 0 fully saturated rings. The maximum absolute atomic E-state index is 13.0. The molecule has 0 radical (unpaired) electrons. The summed E-state index contributed by atoms with van der Waals surface area (Å²) in [4.78, 5) is 13.0. The van der Waals surface area contributed by atoms with E-state index in [1.54, 1.807) is 66.7 Å². The summed E-state index contributed by atoms with van der Waals surface area (Å²) in [5.74, 6) is -0.761. The summed E-state index contributed by atoms with van der Waals surface area (Å²) in [6, 6.07) is 17.5. The Labute approximate surface area is 187 Å². The topological polar surface area (TPSA) is 61.7 Å². The van der Waals surface area contributed by atoms with E-state index < -0.39 is 11.5 Å². The van der Waals surface area contributed by atoms with Gasteiger partial charge >= 0.3 is 0 Å². The summed E-state index contributed by atoms with van der Waals surface area (Å²) in [7, 11) is 0. The number of hydrogen-bond acceptors (Lipinski definition) is 3. The molecule has 0 saturated carbocycles. The molecule has 1 amide bonds. The normalized spacial score (nSPS) is 11.6. The van der Waals surface area contributed by atoms with Crippen LogP contribution in [0.25, 0.3) is 0 Å². The summed E-state index contributed by atoms with van der Waals surface area (Å²) in [5.41, 5.74) is 1.54. The number of aliphatic hydroxyl groups is 1. The third kappa shape index (κ3) is 4.92. The summed E-state index contributed by atoms with van der Waals surface area (Å²) < 4.78 is 0. The first-order valence-electron chi connectivity index (χ1n) is 8.33. The first-order chi connectivity index (χ1) is 13.8. The van der Waals surface area contributed by atoms with Crippen LogP contribution in [-0.4, -0.2) is 17.2 Å². The van der Waals surface area contributed by atoms with E-state index >= 15 is 0 Å². The van der Waals surface area contributed by atoms with Gasteiger partial charge in [-0.3, -0.25) is 4.79 Å². The van der Waals surface area contributed by atoms with Crippen LogP contribution in [0, 0.1) is 0 Å². The lowest BCUT2D eigenvalue weighted by Gasteiger charge is -2.27. The van der Waals surface area contributed by atoms with E-state index in [0.29, 0.717) is 36.8 Å². The highest BCUT2D eigenvalue weighted by molar-refractivity contribution is 6.36. The summed E-state index contributed by atoms with van der Waals surface area (Å²) in [6.07, 6.45) is 1.36. The zero-order valence-corrected chi connectivity index (χ0v) is 17.8. The number of halogens is 4. The van der Waals surface area contributed by atoms with Crippen molar-refractivity contribution < 1.29 is 9.90 Å². The fourth-order valence-electron chi connectivity index (χ4n) is 2.66. The zero-order valence-electron chi connectivity index (χ0n) is 14.7. The maximum Gasteiger partial charge on any atom is 0.281 e.